The Morgan fingerprint density at radius 2 is 2.33 bits per heavy atom. The smallest absolute Gasteiger partial charge is 0.137 e. The summed E-state index contributed by atoms with van der Waals surface area (Å²) in [4.78, 5) is 4.14. The van der Waals surface area contributed by atoms with Crippen LogP contribution in [0.4, 0.5) is 0 Å². The van der Waals surface area contributed by atoms with Crippen molar-refractivity contribution in [3.8, 4) is 5.75 Å². The highest BCUT2D eigenvalue weighted by atomic mass is 16.5. The summed E-state index contributed by atoms with van der Waals surface area (Å²) in [7, 11) is 1.85. The first-order valence-electron chi connectivity index (χ1n) is 4.77. The zero-order chi connectivity index (χ0) is 11.1. The molecule has 0 amide bonds. The van der Waals surface area contributed by atoms with E-state index in [0.717, 1.165) is 5.69 Å². The predicted octanol–water partition coefficient (Wildman–Crippen LogP) is -0.467. The van der Waals surface area contributed by atoms with Crippen LogP contribution in [0.5, 0.6) is 5.75 Å². The van der Waals surface area contributed by atoms with Gasteiger partial charge in [0, 0.05) is 6.54 Å². The molecule has 84 valence electrons. The second-order valence-corrected chi connectivity index (χ2v) is 3.16. The fourth-order valence-corrected chi connectivity index (χ4v) is 1.03. The predicted molar refractivity (Wildman–Crippen MR) is 55.6 cm³/mol. The molecule has 3 N–H and O–H groups in total. The van der Waals surface area contributed by atoms with Crippen molar-refractivity contribution in [2.24, 2.45) is 0 Å². The van der Waals surface area contributed by atoms with Gasteiger partial charge in [0.25, 0.3) is 0 Å². The normalized spacial score (nSPS) is 12.5. The quantitative estimate of drug-likeness (QED) is 0.594. The van der Waals surface area contributed by atoms with Crippen LogP contribution in [0.1, 0.15) is 5.69 Å². The lowest BCUT2D eigenvalue weighted by Crippen LogP contribution is -2.21. The molecule has 1 heterocycles. The molecule has 1 rings (SSSR count). The lowest BCUT2D eigenvalue weighted by atomic mass is 10.3. The number of hydrogen-bond donors (Lipinski definition) is 3. The van der Waals surface area contributed by atoms with Crippen LogP contribution in [0.2, 0.25) is 0 Å². The zero-order valence-corrected chi connectivity index (χ0v) is 8.68. The number of hydrogen-bond acceptors (Lipinski definition) is 5. The van der Waals surface area contributed by atoms with Crippen LogP contribution in [0, 0.1) is 0 Å². The fourth-order valence-electron chi connectivity index (χ4n) is 1.03. The Morgan fingerprint density at radius 3 is 2.87 bits per heavy atom. The molecule has 15 heavy (non-hydrogen) atoms. The Hall–Kier alpha value is -1.17. The van der Waals surface area contributed by atoms with Gasteiger partial charge in [0.1, 0.15) is 18.5 Å². The molecule has 0 aliphatic heterocycles. The molecule has 1 aromatic heterocycles. The molecule has 0 saturated heterocycles. The molecular formula is C10H16N2O3. The first kappa shape index (κ1) is 11.9. The van der Waals surface area contributed by atoms with Crippen LogP contribution < -0.4 is 10.1 Å². The molecule has 5 nitrogen and oxygen atoms in total. The SMILES string of the molecule is CNCc1ccc(OCC(O)CO)cn1. The number of aliphatic hydroxyl groups excluding tert-OH is 2. The van der Waals surface area contributed by atoms with E-state index in [0.29, 0.717) is 12.3 Å². The van der Waals surface area contributed by atoms with Crippen LogP contribution in [0.15, 0.2) is 18.3 Å². The highest BCUT2D eigenvalue weighted by molar-refractivity contribution is 5.19. The van der Waals surface area contributed by atoms with Gasteiger partial charge in [-0.15, -0.1) is 0 Å². The highest BCUT2D eigenvalue weighted by Crippen LogP contribution is 2.09. The Morgan fingerprint density at radius 1 is 1.53 bits per heavy atom. The van der Waals surface area contributed by atoms with Gasteiger partial charge in [-0.1, -0.05) is 0 Å². The molecule has 0 aliphatic carbocycles. The van der Waals surface area contributed by atoms with E-state index < -0.39 is 6.10 Å². The maximum Gasteiger partial charge on any atom is 0.137 e. The van der Waals surface area contributed by atoms with Crippen molar-refractivity contribution in [2.75, 3.05) is 20.3 Å². The van der Waals surface area contributed by atoms with Crippen LogP contribution in [-0.2, 0) is 6.54 Å². The van der Waals surface area contributed by atoms with Gasteiger partial charge < -0.3 is 20.3 Å². The molecule has 0 bridgehead atoms. The molecule has 0 aromatic carbocycles. The number of rotatable bonds is 6. The summed E-state index contributed by atoms with van der Waals surface area (Å²) in [6, 6.07) is 3.63. The van der Waals surface area contributed by atoms with E-state index in [9.17, 15) is 0 Å². The van der Waals surface area contributed by atoms with Crippen molar-refractivity contribution < 1.29 is 14.9 Å². The van der Waals surface area contributed by atoms with Gasteiger partial charge in [-0.25, -0.2) is 0 Å². The van der Waals surface area contributed by atoms with E-state index >= 15 is 0 Å². The van der Waals surface area contributed by atoms with Gasteiger partial charge in [0.05, 0.1) is 18.5 Å². The molecule has 0 fully saturated rings. The van der Waals surface area contributed by atoms with Crippen LogP contribution >= 0.6 is 0 Å². The van der Waals surface area contributed by atoms with E-state index in [-0.39, 0.29) is 13.2 Å². The van der Waals surface area contributed by atoms with E-state index in [1.165, 1.54) is 0 Å². The summed E-state index contributed by atoms with van der Waals surface area (Å²) in [5.41, 5.74) is 0.924. The van der Waals surface area contributed by atoms with Gasteiger partial charge in [-0.3, -0.25) is 4.98 Å². The van der Waals surface area contributed by atoms with Crippen molar-refractivity contribution in [1.29, 1.82) is 0 Å². The summed E-state index contributed by atoms with van der Waals surface area (Å²) in [5.74, 6) is 0.586. The summed E-state index contributed by atoms with van der Waals surface area (Å²) in [6.45, 7) is 0.481. The third kappa shape index (κ3) is 4.24. The maximum atomic E-state index is 9.05. The summed E-state index contributed by atoms with van der Waals surface area (Å²) in [5, 5.41) is 20.6. The summed E-state index contributed by atoms with van der Waals surface area (Å²) in [6.07, 6.45) is 0.749. The third-order valence-corrected chi connectivity index (χ3v) is 1.81. The minimum Gasteiger partial charge on any atom is -0.489 e. The van der Waals surface area contributed by atoms with Crippen molar-refractivity contribution in [2.45, 2.75) is 12.6 Å². The van der Waals surface area contributed by atoms with Crippen molar-refractivity contribution >= 4 is 0 Å². The number of aromatic nitrogens is 1. The molecule has 0 saturated carbocycles. The van der Waals surface area contributed by atoms with Gasteiger partial charge in [-0.05, 0) is 19.2 Å². The Balaban J connectivity index is 2.42. The number of nitrogens with one attached hydrogen (secondary N) is 1. The number of ether oxygens (including phenoxy) is 1. The van der Waals surface area contributed by atoms with Gasteiger partial charge >= 0.3 is 0 Å². The average molecular weight is 212 g/mol. The summed E-state index contributed by atoms with van der Waals surface area (Å²) < 4.78 is 5.20. The first-order chi connectivity index (χ1) is 7.26. The minimum atomic E-state index is -0.845. The Labute approximate surface area is 88.7 Å². The molecule has 0 aliphatic rings. The van der Waals surface area contributed by atoms with E-state index in [1.54, 1.807) is 12.3 Å². The van der Waals surface area contributed by atoms with Crippen molar-refractivity contribution in [3.05, 3.63) is 24.0 Å². The molecule has 1 atom stereocenters. The summed E-state index contributed by atoms with van der Waals surface area (Å²) >= 11 is 0. The van der Waals surface area contributed by atoms with Crippen molar-refractivity contribution in [3.63, 3.8) is 0 Å². The Bertz CT molecular complexity index is 277. The second-order valence-electron chi connectivity index (χ2n) is 3.16. The molecule has 0 spiro atoms. The van der Waals surface area contributed by atoms with Gasteiger partial charge in [-0.2, -0.15) is 0 Å². The molecule has 5 heteroatoms. The standard InChI is InChI=1S/C10H16N2O3/c1-11-4-8-2-3-10(5-12-8)15-7-9(14)6-13/h2-3,5,9,11,13-14H,4,6-7H2,1H3. The van der Waals surface area contributed by atoms with E-state index in [4.69, 9.17) is 14.9 Å². The fraction of sp³-hybridized carbons (Fsp3) is 0.500. The van der Waals surface area contributed by atoms with E-state index in [2.05, 4.69) is 10.3 Å². The van der Waals surface area contributed by atoms with E-state index in [1.807, 2.05) is 13.1 Å². The second kappa shape index (κ2) is 6.34. The third-order valence-electron chi connectivity index (χ3n) is 1.81. The Kier molecular flexibility index (Phi) is 5.03. The van der Waals surface area contributed by atoms with Gasteiger partial charge in [0.2, 0.25) is 0 Å². The van der Waals surface area contributed by atoms with Crippen LogP contribution in [0.25, 0.3) is 0 Å². The first-order valence-corrected chi connectivity index (χ1v) is 4.77. The lowest BCUT2D eigenvalue weighted by Gasteiger charge is -2.09. The number of aliphatic hydroxyl groups is 2. The number of nitrogens with zero attached hydrogens (tertiary/aromatic N) is 1. The lowest BCUT2D eigenvalue weighted by molar-refractivity contribution is 0.0535. The molecular weight excluding hydrogens is 196 g/mol. The van der Waals surface area contributed by atoms with Gasteiger partial charge in [0.15, 0.2) is 0 Å². The maximum absolute atomic E-state index is 9.05. The highest BCUT2D eigenvalue weighted by Gasteiger charge is 2.03. The van der Waals surface area contributed by atoms with Crippen LogP contribution in [0.3, 0.4) is 0 Å². The zero-order valence-electron chi connectivity index (χ0n) is 8.68. The number of pyridine rings is 1. The van der Waals surface area contributed by atoms with Crippen LogP contribution in [-0.4, -0.2) is 41.6 Å². The molecule has 1 aromatic rings. The minimum absolute atomic E-state index is 0.0730. The van der Waals surface area contributed by atoms with Crippen molar-refractivity contribution in [1.82, 2.24) is 10.3 Å². The average Bonchev–Trinajstić information content (AvgIpc) is 2.28. The largest absolute Gasteiger partial charge is 0.489 e. The monoisotopic (exact) mass is 212 g/mol. The molecule has 0 radical (unpaired) electrons. The topological polar surface area (TPSA) is 74.6 Å². The molecule has 1 unspecified atom stereocenters.